The van der Waals surface area contributed by atoms with Gasteiger partial charge in [0.05, 0.1) is 5.92 Å². The van der Waals surface area contributed by atoms with E-state index in [9.17, 15) is 4.79 Å². The number of anilines is 1. The molecular weight excluding hydrogens is 236 g/mol. The van der Waals surface area contributed by atoms with E-state index in [0.717, 1.165) is 19.5 Å². The Morgan fingerprint density at radius 3 is 2.84 bits per heavy atom. The maximum atomic E-state index is 12.2. The third-order valence-corrected chi connectivity index (χ3v) is 4.13. The van der Waals surface area contributed by atoms with Gasteiger partial charge in [-0.05, 0) is 29.9 Å². The summed E-state index contributed by atoms with van der Waals surface area (Å²) < 4.78 is 0. The summed E-state index contributed by atoms with van der Waals surface area (Å²) in [6.45, 7) is 8.07. The molecule has 2 unspecified atom stereocenters. The van der Waals surface area contributed by atoms with Crippen molar-refractivity contribution in [1.82, 2.24) is 5.32 Å². The fraction of sp³-hybridized carbons (Fsp3) is 0.562. The highest BCUT2D eigenvalue weighted by Crippen LogP contribution is 2.24. The Bertz CT molecular complexity index is 442. The molecule has 1 aliphatic heterocycles. The number of hydrogen-bond donors (Lipinski definition) is 2. The van der Waals surface area contributed by atoms with Gasteiger partial charge >= 0.3 is 0 Å². The molecule has 2 atom stereocenters. The maximum absolute atomic E-state index is 12.2. The van der Waals surface area contributed by atoms with Gasteiger partial charge in [-0.25, -0.2) is 0 Å². The molecule has 0 fully saturated rings. The second kappa shape index (κ2) is 6.09. The van der Waals surface area contributed by atoms with Crippen molar-refractivity contribution in [2.24, 2.45) is 17.8 Å². The first-order valence-corrected chi connectivity index (χ1v) is 7.17. The number of fused-ring (bicyclic) bond motifs is 1. The summed E-state index contributed by atoms with van der Waals surface area (Å²) in [5.74, 6) is 1.35. The third-order valence-electron chi connectivity index (χ3n) is 4.13. The Kier molecular flexibility index (Phi) is 4.46. The molecule has 0 bridgehead atoms. The van der Waals surface area contributed by atoms with Gasteiger partial charge in [-0.2, -0.15) is 0 Å². The highest BCUT2D eigenvalue weighted by molar-refractivity contribution is 5.80. The minimum Gasteiger partial charge on any atom is -0.384 e. The summed E-state index contributed by atoms with van der Waals surface area (Å²) in [6.07, 6.45) is 0.838. The number of para-hydroxylation sites is 1. The summed E-state index contributed by atoms with van der Waals surface area (Å²) in [6, 6.07) is 8.22. The molecule has 1 amide bonds. The molecular formula is C16H24N2O. The molecule has 3 heteroatoms. The molecule has 0 saturated heterocycles. The van der Waals surface area contributed by atoms with Gasteiger partial charge < -0.3 is 10.6 Å². The first-order chi connectivity index (χ1) is 9.08. The van der Waals surface area contributed by atoms with Gasteiger partial charge in [-0.1, -0.05) is 39.0 Å². The SMILES string of the molecule is CC(C)C(C)CNC(=O)C1CNc2ccccc2C1. The van der Waals surface area contributed by atoms with E-state index in [1.807, 2.05) is 12.1 Å². The summed E-state index contributed by atoms with van der Waals surface area (Å²) in [5, 5.41) is 6.43. The first kappa shape index (κ1) is 13.9. The minimum absolute atomic E-state index is 0.0502. The second-order valence-corrected chi connectivity index (χ2v) is 5.91. The third kappa shape index (κ3) is 3.49. The van der Waals surface area contributed by atoms with E-state index in [-0.39, 0.29) is 11.8 Å². The van der Waals surface area contributed by atoms with E-state index >= 15 is 0 Å². The van der Waals surface area contributed by atoms with Crippen molar-refractivity contribution in [3.8, 4) is 0 Å². The van der Waals surface area contributed by atoms with Gasteiger partial charge in [-0.15, -0.1) is 0 Å². The number of carbonyl (C=O) groups is 1. The quantitative estimate of drug-likeness (QED) is 0.874. The molecule has 3 nitrogen and oxygen atoms in total. The van der Waals surface area contributed by atoms with Crippen LogP contribution in [0.2, 0.25) is 0 Å². The highest BCUT2D eigenvalue weighted by atomic mass is 16.1. The van der Waals surface area contributed by atoms with E-state index in [4.69, 9.17) is 0 Å². The Labute approximate surface area is 115 Å². The van der Waals surface area contributed by atoms with E-state index < -0.39 is 0 Å². The van der Waals surface area contributed by atoms with E-state index in [0.29, 0.717) is 11.8 Å². The second-order valence-electron chi connectivity index (χ2n) is 5.91. The van der Waals surface area contributed by atoms with Gasteiger partial charge in [0.25, 0.3) is 0 Å². The molecule has 2 rings (SSSR count). The predicted octanol–water partition coefficient (Wildman–Crippen LogP) is 2.68. The van der Waals surface area contributed by atoms with Crippen LogP contribution in [0.25, 0.3) is 0 Å². The van der Waals surface area contributed by atoms with E-state index in [1.54, 1.807) is 0 Å². The van der Waals surface area contributed by atoms with Crippen molar-refractivity contribution >= 4 is 11.6 Å². The standard InChI is InChI=1S/C16H24N2O/c1-11(2)12(3)9-18-16(19)14-8-13-6-4-5-7-15(13)17-10-14/h4-7,11-12,14,17H,8-10H2,1-3H3,(H,18,19). The lowest BCUT2D eigenvalue weighted by Gasteiger charge is -2.26. The van der Waals surface area contributed by atoms with Gasteiger partial charge in [-0.3, -0.25) is 4.79 Å². The molecule has 0 saturated carbocycles. The summed E-state index contributed by atoms with van der Waals surface area (Å²) in [5.41, 5.74) is 2.41. The average Bonchev–Trinajstić information content (AvgIpc) is 2.43. The zero-order chi connectivity index (χ0) is 13.8. The van der Waals surface area contributed by atoms with Crippen molar-refractivity contribution in [2.75, 3.05) is 18.4 Å². The summed E-state index contributed by atoms with van der Waals surface area (Å²) >= 11 is 0. The largest absolute Gasteiger partial charge is 0.384 e. The van der Waals surface area contributed by atoms with Gasteiger partial charge in [0, 0.05) is 18.8 Å². The van der Waals surface area contributed by atoms with Gasteiger partial charge in [0.2, 0.25) is 5.91 Å². The monoisotopic (exact) mass is 260 g/mol. The average molecular weight is 260 g/mol. The Balaban J connectivity index is 1.89. The van der Waals surface area contributed by atoms with E-state index in [1.165, 1.54) is 11.3 Å². The fourth-order valence-electron chi connectivity index (χ4n) is 2.27. The molecule has 0 radical (unpaired) electrons. The van der Waals surface area contributed by atoms with Crippen molar-refractivity contribution in [1.29, 1.82) is 0 Å². The van der Waals surface area contributed by atoms with Crippen LogP contribution in [0.15, 0.2) is 24.3 Å². The molecule has 2 N–H and O–H groups in total. The number of rotatable bonds is 4. The van der Waals surface area contributed by atoms with Crippen LogP contribution in [0.4, 0.5) is 5.69 Å². The number of hydrogen-bond acceptors (Lipinski definition) is 2. The molecule has 1 aliphatic rings. The van der Waals surface area contributed by atoms with Gasteiger partial charge in [0.1, 0.15) is 0 Å². The lowest BCUT2D eigenvalue weighted by Crippen LogP contribution is -2.40. The molecule has 0 spiro atoms. The zero-order valence-electron chi connectivity index (χ0n) is 12.1. The number of nitrogens with one attached hydrogen (secondary N) is 2. The number of carbonyl (C=O) groups excluding carboxylic acids is 1. The molecule has 19 heavy (non-hydrogen) atoms. The molecule has 0 aliphatic carbocycles. The van der Waals surface area contributed by atoms with Crippen molar-refractivity contribution < 1.29 is 4.79 Å². The predicted molar refractivity (Wildman–Crippen MR) is 79.1 cm³/mol. The van der Waals surface area contributed by atoms with Crippen LogP contribution >= 0.6 is 0 Å². The smallest absolute Gasteiger partial charge is 0.225 e. The lowest BCUT2D eigenvalue weighted by atomic mass is 9.92. The normalized spacial score (nSPS) is 19.5. The van der Waals surface area contributed by atoms with Crippen molar-refractivity contribution in [3.05, 3.63) is 29.8 Å². The lowest BCUT2D eigenvalue weighted by molar-refractivity contribution is -0.124. The van der Waals surface area contributed by atoms with Crippen LogP contribution in [0.3, 0.4) is 0 Å². The zero-order valence-corrected chi connectivity index (χ0v) is 12.1. The maximum Gasteiger partial charge on any atom is 0.225 e. The van der Waals surface area contributed by atoms with Crippen LogP contribution in [-0.2, 0) is 11.2 Å². The Hall–Kier alpha value is -1.51. The number of benzene rings is 1. The topological polar surface area (TPSA) is 41.1 Å². The molecule has 0 aromatic heterocycles. The van der Waals surface area contributed by atoms with Crippen molar-refractivity contribution in [3.63, 3.8) is 0 Å². The molecule has 1 heterocycles. The molecule has 1 aromatic rings. The van der Waals surface area contributed by atoms with Gasteiger partial charge in [0.15, 0.2) is 0 Å². The molecule has 1 aromatic carbocycles. The van der Waals surface area contributed by atoms with Crippen LogP contribution in [0.1, 0.15) is 26.3 Å². The Morgan fingerprint density at radius 1 is 1.37 bits per heavy atom. The van der Waals surface area contributed by atoms with E-state index in [2.05, 4.69) is 43.5 Å². The van der Waals surface area contributed by atoms with Crippen LogP contribution in [0, 0.1) is 17.8 Å². The van der Waals surface area contributed by atoms with Crippen molar-refractivity contribution in [2.45, 2.75) is 27.2 Å². The minimum atomic E-state index is 0.0502. The molecule has 104 valence electrons. The Morgan fingerprint density at radius 2 is 2.11 bits per heavy atom. The first-order valence-electron chi connectivity index (χ1n) is 7.17. The summed E-state index contributed by atoms with van der Waals surface area (Å²) in [7, 11) is 0. The van der Waals surface area contributed by atoms with Crippen LogP contribution in [-0.4, -0.2) is 19.0 Å². The summed E-state index contributed by atoms with van der Waals surface area (Å²) in [4.78, 5) is 12.2. The number of amides is 1. The van der Waals surface area contributed by atoms with Crippen LogP contribution in [0.5, 0.6) is 0 Å². The highest BCUT2D eigenvalue weighted by Gasteiger charge is 2.24. The fourth-order valence-corrected chi connectivity index (χ4v) is 2.27. The van der Waals surface area contributed by atoms with Crippen LogP contribution < -0.4 is 10.6 Å².